The molecule has 1 aromatic heterocycles. The molecule has 1 aliphatic rings. The van der Waals surface area contributed by atoms with Crippen LogP contribution in [0.2, 0.25) is 0 Å². The van der Waals surface area contributed by atoms with Crippen LogP contribution in [0.25, 0.3) is 0 Å². The molecule has 0 aliphatic carbocycles. The van der Waals surface area contributed by atoms with Crippen LogP contribution in [-0.4, -0.2) is 33.9 Å². The van der Waals surface area contributed by atoms with Crippen LogP contribution < -0.4 is 0 Å². The van der Waals surface area contributed by atoms with Crippen LogP contribution in [0.3, 0.4) is 0 Å². The van der Waals surface area contributed by atoms with E-state index in [9.17, 15) is 4.39 Å². The zero-order valence-electron chi connectivity index (χ0n) is 13.7. The predicted molar refractivity (Wildman–Crippen MR) is 80.8 cm³/mol. The van der Waals surface area contributed by atoms with E-state index >= 15 is 0 Å². The van der Waals surface area contributed by atoms with Crippen LogP contribution in [0.1, 0.15) is 63.9 Å². The number of halogens is 1. The number of aromatic nitrogens is 2. The van der Waals surface area contributed by atoms with Gasteiger partial charge in [0.2, 0.25) is 0 Å². The van der Waals surface area contributed by atoms with Gasteiger partial charge in [0, 0.05) is 37.9 Å². The lowest BCUT2D eigenvalue weighted by molar-refractivity contribution is 0.278. The second-order valence-electron chi connectivity index (χ2n) is 7.36. The molecule has 0 aromatic carbocycles. The summed E-state index contributed by atoms with van der Waals surface area (Å²) in [5, 5.41) is 4.74. The fourth-order valence-electron chi connectivity index (χ4n) is 3.33. The minimum absolute atomic E-state index is 0.0675. The van der Waals surface area contributed by atoms with Crippen molar-refractivity contribution < 1.29 is 4.39 Å². The lowest BCUT2D eigenvalue weighted by Crippen LogP contribution is -2.24. The summed E-state index contributed by atoms with van der Waals surface area (Å²) in [5.41, 5.74) is 3.84. The van der Waals surface area contributed by atoms with Gasteiger partial charge in [0.1, 0.15) is 6.17 Å². The molecule has 0 unspecified atom stereocenters. The van der Waals surface area contributed by atoms with Gasteiger partial charge in [-0.05, 0) is 17.8 Å². The van der Waals surface area contributed by atoms with Crippen LogP contribution in [-0.2, 0) is 19.0 Å². The Morgan fingerprint density at radius 1 is 1.35 bits per heavy atom. The number of aryl methyl sites for hydroxylation is 1. The van der Waals surface area contributed by atoms with Crippen molar-refractivity contribution in [2.75, 3.05) is 13.1 Å². The largest absolute Gasteiger partial charge is 0.294 e. The van der Waals surface area contributed by atoms with E-state index in [1.54, 1.807) is 0 Å². The first-order valence-electron chi connectivity index (χ1n) is 7.62. The zero-order valence-corrected chi connectivity index (χ0v) is 13.7. The SMILES string of the molecule is CC(C)c1c(C(C)(C)C)c(CN2CC[C@H](F)C2)nn1C. The Bertz CT molecular complexity index is 471. The topological polar surface area (TPSA) is 21.1 Å². The van der Waals surface area contributed by atoms with E-state index in [2.05, 4.69) is 39.5 Å². The molecule has 1 fully saturated rings. The van der Waals surface area contributed by atoms with Crippen LogP contribution in [0, 0.1) is 0 Å². The first kappa shape index (κ1) is 15.5. The lowest BCUT2D eigenvalue weighted by atomic mass is 9.82. The van der Waals surface area contributed by atoms with E-state index in [4.69, 9.17) is 5.10 Å². The zero-order chi connectivity index (χ0) is 15.1. The average Bonchev–Trinajstić information content (AvgIpc) is 2.82. The van der Waals surface area contributed by atoms with Gasteiger partial charge in [0.05, 0.1) is 5.69 Å². The van der Waals surface area contributed by atoms with Crippen molar-refractivity contribution in [3.8, 4) is 0 Å². The Hall–Kier alpha value is -0.900. The summed E-state index contributed by atoms with van der Waals surface area (Å²) in [6.45, 7) is 13.3. The predicted octanol–water partition coefficient (Wildman–Crippen LogP) is 3.38. The maximum Gasteiger partial charge on any atom is 0.114 e. The summed E-state index contributed by atoms with van der Waals surface area (Å²) < 4.78 is 15.4. The molecule has 0 N–H and O–H groups in total. The monoisotopic (exact) mass is 281 g/mol. The van der Waals surface area contributed by atoms with Gasteiger partial charge in [-0.25, -0.2) is 4.39 Å². The molecule has 4 heteroatoms. The molecule has 114 valence electrons. The summed E-state index contributed by atoms with van der Waals surface area (Å²) in [5.74, 6) is 0.447. The maximum absolute atomic E-state index is 13.4. The smallest absolute Gasteiger partial charge is 0.114 e. The summed E-state index contributed by atoms with van der Waals surface area (Å²) in [4.78, 5) is 2.19. The number of alkyl halides is 1. The van der Waals surface area contributed by atoms with E-state index in [0.29, 0.717) is 18.9 Å². The van der Waals surface area contributed by atoms with Gasteiger partial charge in [-0.1, -0.05) is 34.6 Å². The quantitative estimate of drug-likeness (QED) is 0.847. The number of likely N-dealkylation sites (tertiary alicyclic amines) is 1. The molecule has 1 aromatic rings. The summed E-state index contributed by atoms with van der Waals surface area (Å²) in [6.07, 6.45) is -0.00397. The second kappa shape index (κ2) is 5.47. The third-order valence-corrected chi connectivity index (χ3v) is 4.05. The number of hydrogen-bond acceptors (Lipinski definition) is 2. The van der Waals surface area contributed by atoms with Gasteiger partial charge in [0.15, 0.2) is 0 Å². The average molecular weight is 281 g/mol. The Morgan fingerprint density at radius 2 is 2.00 bits per heavy atom. The molecular formula is C16H28FN3. The van der Waals surface area contributed by atoms with Gasteiger partial charge in [0.25, 0.3) is 0 Å². The van der Waals surface area contributed by atoms with Crippen molar-refractivity contribution in [2.24, 2.45) is 7.05 Å². The van der Waals surface area contributed by atoms with Gasteiger partial charge < -0.3 is 0 Å². The normalized spacial score (nSPS) is 21.1. The van der Waals surface area contributed by atoms with E-state index < -0.39 is 6.17 Å². The van der Waals surface area contributed by atoms with E-state index in [1.807, 2.05) is 11.7 Å². The minimum atomic E-state index is -0.665. The molecule has 1 atom stereocenters. The van der Waals surface area contributed by atoms with Crippen molar-refractivity contribution in [1.82, 2.24) is 14.7 Å². The van der Waals surface area contributed by atoms with Crippen LogP contribution in [0.5, 0.6) is 0 Å². The van der Waals surface area contributed by atoms with Crippen molar-refractivity contribution in [3.05, 3.63) is 17.0 Å². The Morgan fingerprint density at radius 3 is 2.45 bits per heavy atom. The molecule has 1 aliphatic heterocycles. The van der Waals surface area contributed by atoms with Gasteiger partial charge >= 0.3 is 0 Å². The third kappa shape index (κ3) is 3.05. The second-order valence-corrected chi connectivity index (χ2v) is 7.36. The molecule has 0 amide bonds. The molecule has 0 bridgehead atoms. The molecule has 2 heterocycles. The number of nitrogens with zero attached hydrogens (tertiary/aromatic N) is 3. The lowest BCUT2D eigenvalue weighted by Gasteiger charge is -2.24. The molecule has 2 rings (SSSR count). The highest BCUT2D eigenvalue weighted by atomic mass is 19.1. The summed E-state index contributed by atoms with van der Waals surface area (Å²) in [6, 6.07) is 0. The first-order valence-corrected chi connectivity index (χ1v) is 7.62. The molecule has 1 saturated heterocycles. The van der Waals surface area contributed by atoms with Crippen molar-refractivity contribution in [1.29, 1.82) is 0 Å². The maximum atomic E-state index is 13.4. The highest BCUT2D eigenvalue weighted by Gasteiger charge is 2.30. The summed E-state index contributed by atoms with van der Waals surface area (Å²) in [7, 11) is 2.02. The Labute approximate surface area is 122 Å². The van der Waals surface area contributed by atoms with Gasteiger partial charge in [-0.15, -0.1) is 0 Å². The molecule has 0 spiro atoms. The Kier molecular flexibility index (Phi) is 4.24. The van der Waals surface area contributed by atoms with Crippen molar-refractivity contribution >= 4 is 0 Å². The highest BCUT2D eigenvalue weighted by Crippen LogP contribution is 2.34. The molecule has 20 heavy (non-hydrogen) atoms. The van der Waals surface area contributed by atoms with E-state index in [-0.39, 0.29) is 5.41 Å². The first-order chi connectivity index (χ1) is 9.20. The van der Waals surface area contributed by atoms with Gasteiger partial charge in [-0.3, -0.25) is 9.58 Å². The number of hydrogen-bond donors (Lipinski definition) is 0. The Balaban J connectivity index is 2.35. The minimum Gasteiger partial charge on any atom is -0.294 e. The highest BCUT2D eigenvalue weighted by molar-refractivity contribution is 5.35. The van der Waals surface area contributed by atoms with Crippen LogP contribution >= 0.6 is 0 Å². The fourth-order valence-corrected chi connectivity index (χ4v) is 3.33. The van der Waals surface area contributed by atoms with Crippen LogP contribution in [0.15, 0.2) is 0 Å². The standard InChI is InChI=1S/C16H28FN3/c1-11(2)15-14(16(3,4)5)13(18-19(15)6)10-20-8-7-12(17)9-20/h11-12H,7-10H2,1-6H3/t12-/m0/s1. The van der Waals surface area contributed by atoms with Gasteiger partial charge in [-0.2, -0.15) is 5.10 Å². The summed E-state index contributed by atoms with van der Waals surface area (Å²) >= 11 is 0. The van der Waals surface area contributed by atoms with Crippen molar-refractivity contribution in [3.63, 3.8) is 0 Å². The van der Waals surface area contributed by atoms with Crippen LogP contribution in [0.4, 0.5) is 4.39 Å². The third-order valence-electron chi connectivity index (χ3n) is 4.05. The molecule has 0 radical (unpaired) electrons. The number of rotatable bonds is 3. The van der Waals surface area contributed by atoms with E-state index in [0.717, 1.165) is 18.8 Å². The molecule has 0 saturated carbocycles. The van der Waals surface area contributed by atoms with Crippen molar-refractivity contribution in [2.45, 2.75) is 65.1 Å². The molecular weight excluding hydrogens is 253 g/mol. The molecule has 3 nitrogen and oxygen atoms in total. The fraction of sp³-hybridized carbons (Fsp3) is 0.812. The van der Waals surface area contributed by atoms with E-state index in [1.165, 1.54) is 11.3 Å².